The van der Waals surface area contributed by atoms with Crippen LogP contribution in [0.15, 0.2) is 29.9 Å². The molecule has 0 aliphatic heterocycles. The second kappa shape index (κ2) is 7.59. The lowest BCUT2D eigenvalue weighted by Gasteiger charge is -2.03. The van der Waals surface area contributed by atoms with Crippen molar-refractivity contribution in [2.75, 3.05) is 0 Å². The van der Waals surface area contributed by atoms with E-state index in [1.807, 2.05) is 13.0 Å². The number of hydrogen-bond donors (Lipinski definition) is 1. The van der Waals surface area contributed by atoms with Gasteiger partial charge in [-0.25, -0.2) is 0 Å². The molecule has 0 aliphatic carbocycles. The fourth-order valence-corrected chi connectivity index (χ4v) is 1.16. The highest BCUT2D eigenvalue weighted by atomic mass is 15.1. The normalized spacial score (nSPS) is 11.3. The molecule has 0 aromatic carbocycles. The molecule has 0 rings (SSSR count). The molecule has 0 aromatic rings. The van der Waals surface area contributed by atoms with Gasteiger partial charge in [-0.2, -0.15) is 5.10 Å². The molecular weight excluding hydrogens is 160 g/mol. The Kier molecular flexibility index (Phi) is 6.98. The number of nitrogens with two attached hydrogens (primary N) is 1. The number of hydrogen-bond acceptors (Lipinski definition) is 2. The molecule has 0 spiro atoms. The lowest BCUT2D eigenvalue weighted by Crippen LogP contribution is -1.98. The fraction of sp³-hybridized carbons (Fsp3) is 0.545. The Morgan fingerprint density at radius 1 is 1.46 bits per heavy atom. The van der Waals surface area contributed by atoms with E-state index in [1.54, 1.807) is 0 Å². The van der Waals surface area contributed by atoms with Gasteiger partial charge in [0, 0.05) is 12.1 Å². The quantitative estimate of drug-likeness (QED) is 0.211. The van der Waals surface area contributed by atoms with E-state index in [0.29, 0.717) is 0 Å². The number of nitrogens with zero attached hydrogens (tertiary/aromatic N) is 1. The Balaban J connectivity index is 3.46. The van der Waals surface area contributed by atoms with Gasteiger partial charge in [-0.1, -0.05) is 18.2 Å². The Morgan fingerprint density at radius 2 is 2.15 bits per heavy atom. The van der Waals surface area contributed by atoms with Crippen molar-refractivity contribution >= 4 is 5.71 Å². The van der Waals surface area contributed by atoms with Crippen molar-refractivity contribution in [2.45, 2.75) is 39.0 Å². The van der Waals surface area contributed by atoms with Gasteiger partial charge < -0.3 is 5.84 Å². The van der Waals surface area contributed by atoms with Crippen LogP contribution < -0.4 is 5.84 Å². The zero-order valence-corrected chi connectivity index (χ0v) is 8.55. The summed E-state index contributed by atoms with van der Waals surface area (Å²) >= 11 is 0. The first-order chi connectivity index (χ1) is 6.20. The molecule has 0 fully saturated rings. The van der Waals surface area contributed by atoms with Crippen LogP contribution in [-0.4, -0.2) is 5.71 Å². The van der Waals surface area contributed by atoms with Crippen LogP contribution in [0.1, 0.15) is 39.0 Å². The van der Waals surface area contributed by atoms with Crippen LogP contribution >= 0.6 is 0 Å². The maximum atomic E-state index is 5.13. The third kappa shape index (κ3) is 7.32. The minimum absolute atomic E-state index is 0.838. The third-order valence-corrected chi connectivity index (χ3v) is 1.91. The van der Waals surface area contributed by atoms with Crippen molar-refractivity contribution in [1.29, 1.82) is 0 Å². The highest BCUT2D eigenvalue weighted by Gasteiger charge is 1.96. The first kappa shape index (κ1) is 11.9. The van der Waals surface area contributed by atoms with Crippen molar-refractivity contribution in [1.82, 2.24) is 0 Å². The van der Waals surface area contributed by atoms with Crippen LogP contribution in [0.25, 0.3) is 0 Å². The Bertz CT molecular complexity index is 192. The first-order valence-corrected chi connectivity index (χ1v) is 4.71. The second-order valence-corrected chi connectivity index (χ2v) is 3.33. The smallest absolute Gasteiger partial charge is 0.0385 e. The van der Waals surface area contributed by atoms with E-state index in [2.05, 4.69) is 18.3 Å². The Hall–Kier alpha value is -1.05. The monoisotopic (exact) mass is 180 g/mol. The van der Waals surface area contributed by atoms with Crippen molar-refractivity contribution in [3.05, 3.63) is 24.8 Å². The molecule has 0 saturated carbocycles. The van der Waals surface area contributed by atoms with E-state index in [9.17, 15) is 0 Å². The topological polar surface area (TPSA) is 38.4 Å². The van der Waals surface area contributed by atoms with E-state index in [1.165, 1.54) is 18.4 Å². The number of allylic oxidation sites excluding steroid dienone is 2. The van der Waals surface area contributed by atoms with Gasteiger partial charge in [0.05, 0.1) is 0 Å². The van der Waals surface area contributed by atoms with Gasteiger partial charge in [0.25, 0.3) is 0 Å². The fourth-order valence-electron chi connectivity index (χ4n) is 1.16. The first-order valence-electron chi connectivity index (χ1n) is 4.71. The van der Waals surface area contributed by atoms with Gasteiger partial charge in [-0.3, -0.25) is 0 Å². The zero-order valence-electron chi connectivity index (χ0n) is 8.55. The zero-order chi connectivity index (χ0) is 10.1. The summed E-state index contributed by atoms with van der Waals surface area (Å²) in [6.45, 7) is 9.58. The molecule has 0 atom stereocenters. The molecule has 0 saturated heterocycles. The van der Waals surface area contributed by atoms with E-state index in [0.717, 1.165) is 25.0 Å². The summed E-state index contributed by atoms with van der Waals surface area (Å²) in [5.41, 5.74) is 2.17. The molecule has 0 bridgehead atoms. The second-order valence-electron chi connectivity index (χ2n) is 3.33. The molecule has 74 valence electrons. The van der Waals surface area contributed by atoms with Crippen LogP contribution in [0.5, 0.6) is 0 Å². The Morgan fingerprint density at radius 3 is 2.69 bits per heavy atom. The van der Waals surface area contributed by atoms with E-state index < -0.39 is 0 Å². The predicted molar refractivity (Wildman–Crippen MR) is 59.7 cm³/mol. The van der Waals surface area contributed by atoms with Crippen LogP contribution in [-0.2, 0) is 0 Å². The molecule has 2 nitrogen and oxygen atoms in total. The molecule has 2 N–H and O–H groups in total. The molecule has 0 amide bonds. The molecule has 0 radical (unpaired) electrons. The highest BCUT2D eigenvalue weighted by Crippen LogP contribution is 2.11. The average Bonchev–Trinajstić information content (AvgIpc) is 2.12. The molecule has 2 heteroatoms. The van der Waals surface area contributed by atoms with Crippen LogP contribution in [0.2, 0.25) is 0 Å². The summed E-state index contributed by atoms with van der Waals surface area (Å²) in [5, 5.41) is 3.61. The van der Waals surface area contributed by atoms with Crippen molar-refractivity contribution in [3.8, 4) is 0 Å². The van der Waals surface area contributed by atoms with E-state index in [-0.39, 0.29) is 0 Å². The predicted octanol–water partition coefficient (Wildman–Crippen LogP) is 3.01. The number of unbranched alkanes of at least 4 members (excludes halogenated alkanes) is 2. The summed E-state index contributed by atoms with van der Waals surface area (Å²) < 4.78 is 0. The van der Waals surface area contributed by atoms with Gasteiger partial charge in [0.2, 0.25) is 0 Å². The summed E-state index contributed by atoms with van der Waals surface area (Å²) in [6, 6.07) is 0. The molecular formula is C11H20N2. The van der Waals surface area contributed by atoms with Gasteiger partial charge in [0.1, 0.15) is 0 Å². The molecule has 0 aromatic heterocycles. The maximum absolute atomic E-state index is 5.13. The lowest BCUT2D eigenvalue weighted by molar-refractivity contribution is 0.738. The standard InChI is InChI=1S/C11H20N2/c1-4-5-6-7-8-10(2)9-11(3)13-12/h4H,1-2,5-9,12H2,3H3/b13-11-. The molecule has 0 aliphatic rings. The SMILES string of the molecule is C=CCCCCC(=C)C/C(C)=N\N. The van der Waals surface area contributed by atoms with E-state index >= 15 is 0 Å². The largest absolute Gasteiger partial charge is 0.323 e. The number of hydrazone groups is 1. The summed E-state index contributed by atoms with van der Waals surface area (Å²) in [7, 11) is 0. The molecule has 0 heterocycles. The molecule has 0 unspecified atom stereocenters. The average molecular weight is 180 g/mol. The minimum atomic E-state index is 0.838. The number of rotatable bonds is 7. The van der Waals surface area contributed by atoms with Crippen molar-refractivity contribution in [3.63, 3.8) is 0 Å². The summed E-state index contributed by atoms with van der Waals surface area (Å²) in [6.07, 6.45) is 7.34. The van der Waals surface area contributed by atoms with Gasteiger partial charge >= 0.3 is 0 Å². The maximum Gasteiger partial charge on any atom is 0.0385 e. The van der Waals surface area contributed by atoms with E-state index in [4.69, 9.17) is 5.84 Å². The van der Waals surface area contributed by atoms with Gasteiger partial charge in [0.15, 0.2) is 0 Å². The summed E-state index contributed by atoms with van der Waals surface area (Å²) in [5.74, 6) is 5.13. The van der Waals surface area contributed by atoms with Crippen LogP contribution in [0.3, 0.4) is 0 Å². The highest BCUT2D eigenvalue weighted by molar-refractivity contribution is 5.83. The van der Waals surface area contributed by atoms with Crippen LogP contribution in [0.4, 0.5) is 0 Å². The van der Waals surface area contributed by atoms with Crippen molar-refractivity contribution in [2.24, 2.45) is 10.9 Å². The van der Waals surface area contributed by atoms with Gasteiger partial charge in [-0.05, 0) is 32.6 Å². The summed E-state index contributed by atoms with van der Waals surface area (Å²) in [4.78, 5) is 0. The molecule has 13 heavy (non-hydrogen) atoms. The van der Waals surface area contributed by atoms with Gasteiger partial charge in [-0.15, -0.1) is 6.58 Å². The Labute approximate surface area is 81.2 Å². The van der Waals surface area contributed by atoms with Crippen LogP contribution in [0, 0.1) is 0 Å². The lowest BCUT2D eigenvalue weighted by atomic mass is 10.0. The van der Waals surface area contributed by atoms with Crippen molar-refractivity contribution < 1.29 is 0 Å². The third-order valence-electron chi connectivity index (χ3n) is 1.91. The minimum Gasteiger partial charge on any atom is -0.323 e.